The van der Waals surface area contributed by atoms with E-state index in [1.54, 1.807) is 17.0 Å². The smallest absolute Gasteiger partial charge is 0.322 e. The van der Waals surface area contributed by atoms with Crippen molar-refractivity contribution < 1.29 is 14.0 Å². The maximum Gasteiger partial charge on any atom is 0.322 e. The van der Waals surface area contributed by atoms with Crippen LogP contribution >= 0.6 is 0 Å². The Balaban J connectivity index is 1.47. The highest BCUT2D eigenvalue weighted by Crippen LogP contribution is 2.26. The van der Waals surface area contributed by atoms with Crippen LogP contribution in [0.15, 0.2) is 48.5 Å². The van der Waals surface area contributed by atoms with E-state index in [1.165, 1.54) is 10.5 Å². The minimum Gasteiger partial charge on any atom is -0.336 e. The maximum absolute atomic E-state index is 14.1. The lowest BCUT2D eigenvalue weighted by atomic mass is 9.99. The van der Waals surface area contributed by atoms with Gasteiger partial charge in [0.15, 0.2) is 0 Å². The van der Waals surface area contributed by atoms with Crippen LogP contribution in [0.25, 0.3) is 0 Å². The van der Waals surface area contributed by atoms with E-state index in [-0.39, 0.29) is 18.9 Å². The molecule has 6 heteroatoms. The molecule has 0 bridgehead atoms. The number of carbonyl (C=O) groups is 2. The first-order chi connectivity index (χ1) is 13.5. The number of fused-ring (bicyclic) bond motifs is 1. The Morgan fingerprint density at radius 3 is 2.54 bits per heavy atom. The van der Waals surface area contributed by atoms with Gasteiger partial charge in [-0.05, 0) is 36.6 Å². The Morgan fingerprint density at radius 2 is 1.79 bits per heavy atom. The molecule has 0 radical (unpaired) electrons. The molecule has 2 aromatic carbocycles. The van der Waals surface area contributed by atoms with Crippen LogP contribution in [0.5, 0.6) is 0 Å². The van der Waals surface area contributed by atoms with Crippen molar-refractivity contribution >= 4 is 17.6 Å². The zero-order valence-electron chi connectivity index (χ0n) is 15.9. The largest absolute Gasteiger partial charge is 0.336 e. The van der Waals surface area contributed by atoms with Crippen LogP contribution < -0.4 is 5.32 Å². The first-order valence-corrected chi connectivity index (χ1v) is 9.65. The molecule has 146 valence electrons. The number of nitrogens with one attached hydrogen (secondary N) is 1. The van der Waals surface area contributed by atoms with E-state index in [0.29, 0.717) is 18.8 Å². The summed E-state index contributed by atoms with van der Waals surface area (Å²) in [6, 6.07) is 14.2. The SMILES string of the molecule is Cc1ccc(NC(=O)N2C[C@@H](F)C[C@H]2C(=O)N2CCc3ccccc3C2)cc1. The molecule has 0 aliphatic carbocycles. The maximum atomic E-state index is 14.1. The number of urea groups is 1. The molecule has 0 aromatic heterocycles. The van der Waals surface area contributed by atoms with Crippen LogP contribution in [0.4, 0.5) is 14.9 Å². The highest BCUT2D eigenvalue weighted by atomic mass is 19.1. The lowest BCUT2D eigenvalue weighted by Crippen LogP contribution is -2.50. The second-order valence-corrected chi connectivity index (χ2v) is 7.58. The van der Waals surface area contributed by atoms with Crippen LogP contribution in [0.1, 0.15) is 23.1 Å². The van der Waals surface area contributed by atoms with E-state index in [2.05, 4.69) is 11.4 Å². The van der Waals surface area contributed by atoms with E-state index >= 15 is 0 Å². The number of nitrogens with zero attached hydrogens (tertiary/aromatic N) is 2. The number of anilines is 1. The molecule has 28 heavy (non-hydrogen) atoms. The normalized spacial score (nSPS) is 21.4. The molecule has 5 nitrogen and oxygen atoms in total. The highest BCUT2D eigenvalue weighted by molar-refractivity contribution is 5.94. The summed E-state index contributed by atoms with van der Waals surface area (Å²) in [5, 5.41) is 2.78. The summed E-state index contributed by atoms with van der Waals surface area (Å²) < 4.78 is 14.1. The average molecular weight is 381 g/mol. The van der Waals surface area contributed by atoms with Crippen molar-refractivity contribution in [1.29, 1.82) is 0 Å². The summed E-state index contributed by atoms with van der Waals surface area (Å²) in [5.74, 6) is -0.172. The third kappa shape index (κ3) is 3.72. The predicted octanol–water partition coefficient (Wildman–Crippen LogP) is 3.52. The lowest BCUT2D eigenvalue weighted by molar-refractivity contribution is -0.136. The van der Waals surface area contributed by atoms with Gasteiger partial charge in [-0.2, -0.15) is 0 Å². The number of amides is 3. The third-order valence-corrected chi connectivity index (χ3v) is 5.54. The molecule has 0 unspecified atom stereocenters. The summed E-state index contributed by atoms with van der Waals surface area (Å²) in [6.07, 6.45) is -0.351. The van der Waals surface area contributed by atoms with Crippen LogP contribution in [0.3, 0.4) is 0 Å². The van der Waals surface area contributed by atoms with Crippen LogP contribution in [-0.4, -0.2) is 47.0 Å². The molecule has 0 spiro atoms. The van der Waals surface area contributed by atoms with E-state index in [0.717, 1.165) is 17.5 Å². The molecule has 4 rings (SSSR count). The molecule has 3 amide bonds. The Bertz CT molecular complexity index is 884. The fraction of sp³-hybridized carbons (Fsp3) is 0.364. The van der Waals surface area contributed by atoms with Crippen LogP contribution in [-0.2, 0) is 17.8 Å². The quantitative estimate of drug-likeness (QED) is 0.865. The van der Waals surface area contributed by atoms with Gasteiger partial charge in [0, 0.05) is 25.2 Å². The number of hydrogen-bond acceptors (Lipinski definition) is 2. The predicted molar refractivity (Wildman–Crippen MR) is 106 cm³/mol. The van der Waals surface area contributed by atoms with E-state index in [4.69, 9.17) is 0 Å². The van der Waals surface area contributed by atoms with E-state index in [9.17, 15) is 14.0 Å². The number of benzene rings is 2. The first kappa shape index (κ1) is 18.5. The van der Waals surface area contributed by atoms with Crippen molar-refractivity contribution in [1.82, 2.24) is 9.80 Å². The van der Waals surface area contributed by atoms with Crippen molar-refractivity contribution in [3.05, 3.63) is 65.2 Å². The fourth-order valence-corrected chi connectivity index (χ4v) is 3.97. The highest BCUT2D eigenvalue weighted by Gasteiger charge is 2.42. The van der Waals surface area contributed by atoms with Crippen molar-refractivity contribution in [2.45, 2.75) is 38.5 Å². The Hall–Kier alpha value is -2.89. The molecular formula is C22H24FN3O2. The third-order valence-electron chi connectivity index (χ3n) is 5.54. The molecular weight excluding hydrogens is 357 g/mol. The van der Waals surface area contributed by atoms with Crippen molar-refractivity contribution in [3.63, 3.8) is 0 Å². The van der Waals surface area contributed by atoms with Crippen molar-refractivity contribution in [3.8, 4) is 0 Å². The molecule has 2 atom stereocenters. The van der Waals surface area contributed by atoms with Crippen molar-refractivity contribution in [2.24, 2.45) is 0 Å². The molecule has 1 fully saturated rings. The summed E-state index contributed by atoms with van der Waals surface area (Å²) in [7, 11) is 0. The standard InChI is InChI=1S/C22H24FN3O2/c1-15-6-8-19(9-7-15)24-22(28)26-14-18(23)12-20(26)21(27)25-11-10-16-4-2-3-5-17(16)13-25/h2-9,18,20H,10-14H2,1H3,(H,24,28)/t18-,20-/m0/s1. The van der Waals surface area contributed by atoms with Gasteiger partial charge in [0.1, 0.15) is 12.2 Å². The van der Waals surface area contributed by atoms with Gasteiger partial charge in [0.05, 0.1) is 6.54 Å². The van der Waals surface area contributed by atoms with E-state index in [1.807, 2.05) is 37.3 Å². The number of aryl methyl sites for hydroxylation is 1. The summed E-state index contributed by atoms with van der Waals surface area (Å²) in [4.78, 5) is 28.9. The van der Waals surface area contributed by atoms with Gasteiger partial charge in [0.25, 0.3) is 0 Å². The van der Waals surface area contributed by atoms with Gasteiger partial charge in [-0.3, -0.25) is 4.79 Å². The molecule has 1 N–H and O–H groups in total. The summed E-state index contributed by atoms with van der Waals surface area (Å²) in [5.41, 5.74) is 4.08. The van der Waals surface area contributed by atoms with Crippen LogP contribution in [0, 0.1) is 6.92 Å². The Kier molecular flexibility index (Phi) is 5.03. The minimum atomic E-state index is -1.19. The zero-order chi connectivity index (χ0) is 19.7. The second-order valence-electron chi connectivity index (χ2n) is 7.58. The van der Waals surface area contributed by atoms with E-state index < -0.39 is 18.2 Å². The zero-order valence-corrected chi connectivity index (χ0v) is 15.9. The number of likely N-dealkylation sites (tertiary alicyclic amines) is 1. The minimum absolute atomic E-state index is 0.0539. The summed E-state index contributed by atoms with van der Waals surface area (Å²) in [6.45, 7) is 3.01. The number of carbonyl (C=O) groups excluding carboxylic acids is 2. The number of rotatable bonds is 2. The molecule has 1 saturated heterocycles. The Morgan fingerprint density at radius 1 is 1.07 bits per heavy atom. The summed E-state index contributed by atoms with van der Waals surface area (Å²) >= 11 is 0. The topological polar surface area (TPSA) is 52.7 Å². The first-order valence-electron chi connectivity index (χ1n) is 9.65. The lowest BCUT2D eigenvalue weighted by Gasteiger charge is -2.33. The number of halogens is 1. The molecule has 2 aliphatic heterocycles. The van der Waals surface area contributed by atoms with Gasteiger partial charge in [-0.15, -0.1) is 0 Å². The van der Waals surface area contributed by atoms with Gasteiger partial charge in [-0.25, -0.2) is 9.18 Å². The average Bonchev–Trinajstić information content (AvgIpc) is 3.10. The molecule has 2 aliphatic rings. The molecule has 2 heterocycles. The van der Waals surface area contributed by atoms with Crippen molar-refractivity contribution in [2.75, 3.05) is 18.4 Å². The fourth-order valence-electron chi connectivity index (χ4n) is 3.97. The second kappa shape index (κ2) is 7.62. The molecule has 0 saturated carbocycles. The van der Waals surface area contributed by atoms with Gasteiger partial charge in [0.2, 0.25) is 5.91 Å². The van der Waals surface area contributed by atoms with Crippen LogP contribution in [0.2, 0.25) is 0 Å². The number of hydrogen-bond donors (Lipinski definition) is 1. The van der Waals surface area contributed by atoms with Gasteiger partial charge >= 0.3 is 6.03 Å². The monoisotopic (exact) mass is 381 g/mol. The van der Waals surface area contributed by atoms with Gasteiger partial charge < -0.3 is 15.1 Å². The number of alkyl halides is 1. The Labute approximate surface area is 164 Å². The van der Waals surface area contributed by atoms with Gasteiger partial charge in [-0.1, -0.05) is 42.0 Å². The molecule has 2 aromatic rings.